The monoisotopic (exact) mass is 213 g/mol. The summed E-state index contributed by atoms with van der Waals surface area (Å²) in [7, 11) is 0. The minimum absolute atomic E-state index is 0.0660. The number of esters is 1. The number of hydrogen-bond acceptors (Lipinski definition) is 3. The van der Waals surface area contributed by atoms with Gasteiger partial charge in [0.1, 0.15) is 5.54 Å². The SMILES string of the molecule is CCOC(=O)C1(NCC(C)C)CC(C)C1. The van der Waals surface area contributed by atoms with Crippen LogP contribution in [0, 0.1) is 11.8 Å². The number of ether oxygens (including phenoxy) is 1. The average Bonchev–Trinajstić information content (AvgIpc) is 2.10. The number of hydrogen-bond donors (Lipinski definition) is 1. The highest BCUT2D eigenvalue weighted by Gasteiger charge is 2.49. The topological polar surface area (TPSA) is 38.3 Å². The first kappa shape index (κ1) is 12.5. The predicted molar refractivity (Wildman–Crippen MR) is 60.6 cm³/mol. The summed E-state index contributed by atoms with van der Waals surface area (Å²) in [5.74, 6) is 1.13. The molecule has 0 aromatic rings. The van der Waals surface area contributed by atoms with Gasteiger partial charge in [0.25, 0.3) is 0 Å². The molecule has 0 aromatic heterocycles. The smallest absolute Gasteiger partial charge is 0.326 e. The molecule has 0 unspecified atom stereocenters. The number of carbonyl (C=O) groups is 1. The van der Waals surface area contributed by atoms with Gasteiger partial charge in [-0.2, -0.15) is 0 Å². The van der Waals surface area contributed by atoms with E-state index >= 15 is 0 Å². The van der Waals surface area contributed by atoms with Crippen LogP contribution in [0.25, 0.3) is 0 Å². The van der Waals surface area contributed by atoms with Crippen molar-refractivity contribution >= 4 is 5.97 Å². The van der Waals surface area contributed by atoms with Crippen molar-refractivity contribution in [3.8, 4) is 0 Å². The maximum Gasteiger partial charge on any atom is 0.326 e. The summed E-state index contributed by atoms with van der Waals surface area (Å²) in [5.41, 5.74) is -0.375. The van der Waals surface area contributed by atoms with Crippen LogP contribution in [-0.2, 0) is 9.53 Å². The first-order chi connectivity index (χ1) is 7.00. The Balaban J connectivity index is 2.51. The van der Waals surface area contributed by atoms with E-state index in [9.17, 15) is 4.79 Å². The van der Waals surface area contributed by atoms with Crippen molar-refractivity contribution in [2.75, 3.05) is 13.2 Å². The van der Waals surface area contributed by atoms with Crippen LogP contribution in [0.5, 0.6) is 0 Å². The van der Waals surface area contributed by atoms with Crippen molar-refractivity contribution < 1.29 is 9.53 Å². The fourth-order valence-electron chi connectivity index (χ4n) is 2.18. The Hall–Kier alpha value is -0.570. The molecule has 0 saturated heterocycles. The van der Waals surface area contributed by atoms with Crippen LogP contribution in [0.2, 0.25) is 0 Å². The molecule has 1 aliphatic carbocycles. The third-order valence-corrected chi connectivity index (χ3v) is 2.91. The predicted octanol–water partition coefficient (Wildman–Crippen LogP) is 1.96. The van der Waals surface area contributed by atoms with Gasteiger partial charge in [0, 0.05) is 0 Å². The molecule has 1 saturated carbocycles. The summed E-state index contributed by atoms with van der Waals surface area (Å²) in [6, 6.07) is 0. The Kier molecular flexibility index (Phi) is 4.14. The number of nitrogens with one attached hydrogen (secondary N) is 1. The molecule has 0 aliphatic heterocycles. The van der Waals surface area contributed by atoms with Gasteiger partial charge in [0.15, 0.2) is 0 Å². The van der Waals surface area contributed by atoms with Crippen LogP contribution >= 0.6 is 0 Å². The van der Waals surface area contributed by atoms with Crippen LogP contribution in [0.4, 0.5) is 0 Å². The molecule has 0 bridgehead atoms. The quantitative estimate of drug-likeness (QED) is 0.709. The van der Waals surface area contributed by atoms with E-state index in [4.69, 9.17) is 4.74 Å². The van der Waals surface area contributed by atoms with Gasteiger partial charge < -0.3 is 10.1 Å². The summed E-state index contributed by atoms with van der Waals surface area (Å²) >= 11 is 0. The van der Waals surface area contributed by atoms with Crippen molar-refractivity contribution in [2.45, 2.75) is 46.1 Å². The lowest BCUT2D eigenvalue weighted by atomic mass is 9.69. The van der Waals surface area contributed by atoms with Gasteiger partial charge in [-0.05, 0) is 38.1 Å². The van der Waals surface area contributed by atoms with Crippen molar-refractivity contribution in [3.05, 3.63) is 0 Å². The molecule has 0 radical (unpaired) electrons. The summed E-state index contributed by atoms with van der Waals surface area (Å²) < 4.78 is 5.13. The van der Waals surface area contributed by atoms with Crippen molar-refractivity contribution in [1.82, 2.24) is 5.32 Å². The minimum Gasteiger partial charge on any atom is -0.465 e. The van der Waals surface area contributed by atoms with E-state index in [0.717, 1.165) is 19.4 Å². The molecule has 15 heavy (non-hydrogen) atoms. The molecule has 0 heterocycles. The lowest BCUT2D eigenvalue weighted by Crippen LogP contribution is -2.61. The van der Waals surface area contributed by atoms with Gasteiger partial charge in [-0.1, -0.05) is 20.8 Å². The second-order valence-electron chi connectivity index (χ2n) is 5.09. The molecule has 1 aliphatic rings. The normalized spacial score (nSPS) is 30.1. The van der Waals surface area contributed by atoms with Gasteiger partial charge in [-0.25, -0.2) is 0 Å². The molecule has 88 valence electrons. The van der Waals surface area contributed by atoms with Crippen molar-refractivity contribution in [3.63, 3.8) is 0 Å². The molecule has 0 spiro atoms. The molecule has 1 fully saturated rings. The molecule has 0 aromatic carbocycles. The first-order valence-electron chi connectivity index (χ1n) is 5.92. The molecule has 1 rings (SSSR count). The van der Waals surface area contributed by atoms with E-state index in [0.29, 0.717) is 18.4 Å². The standard InChI is InChI=1S/C12H23NO2/c1-5-15-11(14)12(6-10(4)7-12)13-8-9(2)3/h9-10,13H,5-8H2,1-4H3. The second-order valence-corrected chi connectivity index (χ2v) is 5.09. The summed E-state index contributed by atoms with van der Waals surface area (Å²) in [4.78, 5) is 11.8. The maximum atomic E-state index is 11.8. The van der Waals surface area contributed by atoms with E-state index < -0.39 is 0 Å². The zero-order valence-corrected chi connectivity index (χ0v) is 10.3. The van der Waals surface area contributed by atoms with Gasteiger partial charge in [0.2, 0.25) is 0 Å². The maximum absolute atomic E-state index is 11.8. The van der Waals surface area contributed by atoms with E-state index in [1.165, 1.54) is 0 Å². The number of rotatable bonds is 5. The third-order valence-electron chi connectivity index (χ3n) is 2.91. The molecular weight excluding hydrogens is 190 g/mol. The van der Waals surface area contributed by atoms with Crippen molar-refractivity contribution in [2.24, 2.45) is 11.8 Å². The summed E-state index contributed by atoms with van der Waals surface area (Å²) in [6.45, 7) is 9.68. The highest BCUT2D eigenvalue weighted by molar-refractivity contribution is 5.82. The summed E-state index contributed by atoms with van der Waals surface area (Å²) in [6.07, 6.45) is 1.83. The van der Waals surface area contributed by atoms with Gasteiger partial charge in [0.05, 0.1) is 6.61 Å². The Morgan fingerprint density at radius 3 is 2.53 bits per heavy atom. The van der Waals surface area contributed by atoms with Crippen LogP contribution in [-0.4, -0.2) is 24.7 Å². The molecule has 3 nitrogen and oxygen atoms in total. The van der Waals surface area contributed by atoms with E-state index in [1.807, 2.05) is 6.92 Å². The van der Waals surface area contributed by atoms with Crippen LogP contribution in [0.3, 0.4) is 0 Å². The van der Waals surface area contributed by atoms with Gasteiger partial charge in [-0.15, -0.1) is 0 Å². The van der Waals surface area contributed by atoms with Crippen LogP contribution < -0.4 is 5.32 Å². The second kappa shape index (κ2) is 4.97. The van der Waals surface area contributed by atoms with Crippen LogP contribution in [0.1, 0.15) is 40.5 Å². The fourth-order valence-corrected chi connectivity index (χ4v) is 2.18. The first-order valence-corrected chi connectivity index (χ1v) is 5.92. The minimum atomic E-state index is -0.375. The van der Waals surface area contributed by atoms with Gasteiger partial charge >= 0.3 is 5.97 Å². The highest BCUT2D eigenvalue weighted by Crippen LogP contribution is 2.38. The molecule has 0 amide bonds. The lowest BCUT2D eigenvalue weighted by Gasteiger charge is -2.45. The Morgan fingerprint density at radius 1 is 1.53 bits per heavy atom. The largest absolute Gasteiger partial charge is 0.465 e. The Morgan fingerprint density at radius 2 is 2.13 bits per heavy atom. The molecule has 1 N–H and O–H groups in total. The van der Waals surface area contributed by atoms with Crippen molar-refractivity contribution in [1.29, 1.82) is 0 Å². The zero-order chi connectivity index (χ0) is 11.5. The van der Waals surface area contributed by atoms with E-state index in [-0.39, 0.29) is 11.5 Å². The molecule has 0 atom stereocenters. The molecular formula is C12H23NO2. The summed E-state index contributed by atoms with van der Waals surface area (Å²) in [5, 5.41) is 3.37. The zero-order valence-electron chi connectivity index (χ0n) is 10.3. The van der Waals surface area contributed by atoms with Gasteiger partial charge in [-0.3, -0.25) is 4.79 Å². The third kappa shape index (κ3) is 2.94. The lowest BCUT2D eigenvalue weighted by molar-refractivity contribution is -0.157. The Bertz CT molecular complexity index is 220. The fraction of sp³-hybridized carbons (Fsp3) is 0.917. The molecule has 3 heteroatoms. The Labute approximate surface area is 92.6 Å². The average molecular weight is 213 g/mol. The highest BCUT2D eigenvalue weighted by atomic mass is 16.5. The number of carbonyl (C=O) groups excluding carboxylic acids is 1. The van der Waals surface area contributed by atoms with E-state index in [2.05, 4.69) is 26.1 Å². The van der Waals surface area contributed by atoms with E-state index in [1.54, 1.807) is 0 Å². The van der Waals surface area contributed by atoms with Crippen LogP contribution in [0.15, 0.2) is 0 Å².